The predicted molar refractivity (Wildman–Crippen MR) is 125 cm³/mol. The van der Waals surface area contributed by atoms with Crippen LogP contribution in [-0.4, -0.2) is 23.8 Å². The molecule has 0 amide bonds. The molecule has 3 aromatic carbocycles. The molecule has 5 heteroatoms. The summed E-state index contributed by atoms with van der Waals surface area (Å²) < 4.78 is 12.6. The third-order valence-corrected chi connectivity index (χ3v) is 5.40. The van der Waals surface area contributed by atoms with Gasteiger partial charge in [0, 0.05) is 5.56 Å². The Balaban J connectivity index is 1.94. The summed E-state index contributed by atoms with van der Waals surface area (Å²) in [5.74, 6) is 1.81. The van der Waals surface area contributed by atoms with Crippen molar-refractivity contribution >= 4 is 23.1 Å². The van der Waals surface area contributed by atoms with Crippen LogP contribution in [0.15, 0.2) is 65.5 Å². The van der Waals surface area contributed by atoms with Crippen molar-refractivity contribution in [1.82, 2.24) is 9.55 Å². The highest BCUT2D eigenvalue weighted by molar-refractivity contribution is 5.80. The molecule has 0 spiro atoms. The Hall–Kier alpha value is -3.86. The predicted octanol–water partition coefficient (Wildman–Crippen LogP) is 5.19. The van der Waals surface area contributed by atoms with Gasteiger partial charge in [-0.25, -0.2) is 4.98 Å². The summed E-state index contributed by atoms with van der Waals surface area (Å²) in [6.45, 7) is 4.09. The van der Waals surface area contributed by atoms with Crippen LogP contribution in [-0.2, 0) is 0 Å². The van der Waals surface area contributed by atoms with Crippen LogP contribution in [0, 0.1) is 13.8 Å². The molecule has 0 aliphatic heterocycles. The smallest absolute Gasteiger partial charge is 0.266 e. The number of rotatable bonds is 5. The van der Waals surface area contributed by atoms with Crippen molar-refractivity contribution in [2.24, 2.45) is 0 Å². The van der Waals surface area contributed by atoms with Gasteiger partial charge in [-0.15, -0.1) is 0 Å². The number of para-hydroxylation sites is 2. The van der Waals surface area contributed by atoms with Crippen LogP contribution in [0.3, 0.4) is 0 Å². The van der Waals surface area contributed by atoms with E-state index in [0.29, 0.717) is 28.2 Å². The molecule has 0 aliphatic rings. The van der Waals surface area contributed by atoms with E-state index in [2.05, 4.69) is 6.92 Å². The standard InChI is InChI=1S/C26H24N2O3/c1-17-12-14-20(16-18(17)2)28-24(27-22-10-6-5-9-21(22)26(28)29)15-13-19-8-7-11-23(30-3)25(19)31-4/h5-16H,1-4H3. The van der Waals surface area contributed by atoms with Crippen LogP contribution in [0.5, 0.6) is 11.5 Å². The lowest BCUT2D eigenvalue weighted by Gasteiger charge is -2.13. The Labute approximate surface area is 181 Å². The highest BCUT2D eigenvalue weighted by atomic mass is 16.5. The van der Waals surface area contributed by atoms with Crippen molar-refractivity contribution in [3.63, 3.8) is 0 Å². The number of fused-ring (bicyclic) bond motifs is 1. The minimum absolute atomic E-state index is 0.105. The summed E-state index contributed by atoms with van der Waals surface area (Å²) in [7, 11) is 3.21. The Morgan fingerprint density at radius 3 is 2.42 bits per heavy atom. The van der Waals surface area contributed by atoms with Crippen LogP contribution in [0.1, 0.15) is 22.5 Å². The lowest BCUT2D eigenvalue weighted by Crippen LogP contribution is -2.22. The topological polar surface area (TPSA) is 53.3 Å². The second-order valence-corrected chi connectivity index (χ2v) is 7.31. The third kappa shape index (κ3) is 3.82. The quantitative estimate of drug-likeness (QED) is 0.453. The van der Waals surface area contributed by atoms with Crippen molar-refractivity contribution < 1.29 is 9.47 Å². The Bertz CT molecular complexity index is 1350. The van der Waals surface area contributed by atoms with Gasteiger partial charge in [0.1, 0.15) is 5.82 Å². The molecule has 0 saturated carbocycles. The Morgan fingerprint density at radius 1 is 0.871 bits per heavy atom. The van der Waals surface area contributed by atoms with Gasteiger partial charge in [-0.05, 0) is 67.5 Å². The molecule has 0 aliphatic carbocycles. The molecule has 0 fully saturated rings. The van der Waals surface area contributed by atoms with Gasteiger partial charge in [0.25, 0.3) is 5.56 Å². The molecule has 4 rings (SSSR count). The van der Waals surface area contributed by atoms with Crippen molar-refractivity contribution in [3.8, 4) is 17.2 Å². The average Bonchev–Trinajstić information content (AvgIpc) is 2.79. The molecule has 4 aromatic rings. The van der Waals surface area contributed by atoms with E-state index < -0.39 is 0 Å². The van der Waals surface area contributed by atoms with E-state index in [-0.39, 0.29) is 5.56 Å². The SMILES string of the molecule is COc1cccc(C=Cc2nc3ccccc3c(=O)n2-c2ccc(C)c(C)c2)c1OC. The van der Waals surface area contributed by atoms with Gasteiger partial charge < -0.3 is 9.47 Å². The molecule has 0 saturated heterocycles. The van der Waals surface area contributed by atoms with E-state index in [1.807, 2.05) is 73.7 Å². The number of hydrogen-bond acceptors (Lipinski definition) is 4. The van der Waals surface area contributed by atoms with E-state index in [9.17, 15) is 4.79 Å². The van der Waals surface area contributed by atoms with Crippen molar-refractivity contribution in [2.45, 2.75) is 13.8 Å². The second kappa shape index (κ2) is 8.48. The maximum Gasteiger partial charge on any atom is 0.266 e. The fourth-order valence-corrected chi connectivity index (χ4v) is 3.58. The minimum atomic E-state index is -0.105. The summed E-state index contributed by atoms with van der Waals surface area (Å²) in [6.07, 6.45) is 3.72. The molecule has 0 N–H and O–H groups in total. The summed E-state index contributed by atoms with van der Waals surface area (Å²) >= 11 is 0. The largest absolute Gasteiger partial charge is 0.493 e. The lowest BCUT2D eigenvalue weighted by molar-refractivity contribution is 0.354. The fraction of sp³-hybridized carbons (Fsp3) is 0.154. The van der Waals surface area contributed by atoms with Crippen LogP contribution in [0.25, 0.3) is 28.7 Å². The number of benzene rings is 3. The zero-order valence-corrected chi connectivity index (χ0v) is 18.0. The van der Waals surface area contributed by atoms with E-state index in [0.717, 1.165) is 16.8 Å². The first-order chi connectivity index (χ1) is 15.0. The molecule has 0 atom stereocenters. The number of methoxy groups -OCH3 is 2. The van der Waals surface area contributed by atoms with Crippen LogP contribution >= 0.6 is 0 Å². The zero-order chi connectivity index (χ0) is 22.0. The first-order valence-corrected chi connectivity index (χ1v) is 10.0. The van der Waals surface area contributed by atoms with Crippen molar-refractivity contribution in [2.75, 3.05) is 14.2 Å². The molecule has 0 bridgehead atoms. The first-order valence-electron chi connectivity index (χ1n) is 10.0. The number of aromatic nitrogens is 2. The monoisotopic (exact) mass is 412 g/mol. The van der Waals surface area contributed by atoms with Gasteiger partial charge in [-0.3, -0.25) is 9.36 Å². The van der Waals surface area contributed by atoms with E-state index in [1.54, 1.807) is 24.9 Å². The third-order valence-electron chi connectivity index (χ3n) is 5.40. The first kappa shape index (κ1) is 20.4. The number of aryl methyl sites for hydroxylation is 2. The van der Waals surface area contributed by atoms with Crippen LogP contribution < -0.4 is 15.0 Å². The van der Waals surface area contributed by atoms with Crippen molar-refractivity contribution in [3.05, 3.63) is 93.5 Å². The van der Waals surface area contributed by atoms with E-state index >= 15 is 0 Å². The molecule has 0 unspecified atom stereocenters. The summed E-state index contributed by atoms with van der Waals surface area (Å²) in [5, 5.41) is 0.580. The number of hydrogen-bond donors (Lipinski definition) is 0. The Morgan fingerprint density at radius 2 is 1.68 bits per heavy atom. The van der Waals surface area contributed by atoms with Gasteiger partial charge in [0.2, 0.25) is 0 Å². The molecular formula is C26H24N2O3. The second-order valence-electron chi connectivity index (χ2n) is 7.31. The fourth-order valence-electron chi connectivity index (χ4n) is 3.58. The van der Waals surface area contributed by atoms with Gasteiger partial charge in [-0.2, -0.15) is 0 Å². The normalized spacial score (nSPS) is 11.2. The summed E-state index contributed by atoms with van der Waals surface area (Å²) in [6, 6.07) is 19.0. The average molecular weight is 412 g/mol. The van der Waals surface area contributed by atoms with Gasteiger partial charge in [0.05, 0.1) is 30.8 Å². The molecular weight excluding hydrogens is 388 g/mol. The van der Waals surface area contributed by atoms with Gasteiger partial charge >= 0.3 is 0 Å². The molecule has 0 radical (unpaired) electrons. The molecule has 31 heavy (non-hydrogen) atoms. The Kier molecular flexibility index (Phi) is 5.58. The minimum Gasteiger partial charge on any atom is -0.493 e. The highest BCUT2D eigenvalue weighted by Gasteiger charge is 2.12. The van der Waals surface area contributed by atoms with Crippen molar-refractivity contribution in [1.29, 1.82) is 0 Å². The molecule has 156 valence electrons. The maximum absolute atomic E-state index is 13.4. The molecule has 1 heterocycles. The maximum atomic E-state index is 13.4. The van der Waals surface area contributed by atoms with Gasteiger partial charge in [0.15, 0.2) is 11.5 Å². The molecule has 1 aromatic heterocycles. The van der Waals surface area contributed by atoms with E-state index in [4.69, 9.17) is 14.5 Å². The van der Waals surface area contributed by atoms with Crippen LogP contribution in [0.4, 0.5) is 0 Å². The van der Waals surface area contributed by atoms with Gasteiger partial charge in [-0.1, -0.05) is 30.3 Å². The van der Waals surface area contributed by atoms with Crippen LogP contribution in [0.2, 0.25) is 0 Å². The van der Waals surface area contributed by atoms with E-state index in [1.165, 1.54) is 5.56 Å². The summed E-state index contributed by atoms with van der Waals surface area (Å²) in [5.41, 5.74) is 4.45. The zero-order valence-electron chi connectivity index (χ0n) is 18.0. The summed E-state index contributed by atoms with van der Waals surface area (Å²) in [4.78, 5) is 18.2. The number of nitrogens with zero attached hydrogens (tertiary/aromatic N) is 2. The molecule has 5 nitrogen and oxygen atoms in total. The number of ether oxygens (including phenoxy) is 2. The lowest BCUT2D eigenvalue weighted by atomic mass is 10.1. The highest BCUT2D eigenvalue weighted by Crippen LogP contribution is 2.32.